The summed E-state index contributed by atoms with van der Waals surface area (Å²) in [4.78, 5) is 13.2. The molecule has 0 spiro atoms. The molecular weight excluding hydrogens is 372 g/mol. The Balaban J connectivity index is 1.46. The normalized spacial score (nSPS) is 23.1. The van der Waals surface area contributed by atoms with Crippen LogP contribution in [0.3, 0.4) is 0 Å². The molecule has 5 nitrogen and oxygen atoms in total. The summed E-state index contributed by atoms with van der Waals surface area (Å²) < 4.78 is 6.35. The van der Waals surface area contributed by atoms with Gasteiger partial charge in [-0.15, -0.1) is 0 Å². The maximum absolute atomic E-state index is 11.1. The number of aliphatic carboxylic acids is 1. The largest absolute Gasteiger partial charge is 0.497 e. The number of nitrogens with one attached hydrogen (secondary N) is 1. The van der Waals surface area contributed by atoms with Crippen molar-refractivity contribution in [2.45, 2.75) is 44.3 Å². The zero-order valence-corrected chi connectivity index (χ0v) is 15.6. The molecule has 0 saturated heterocycles. The van der Waals surface area contributed by atoms with Gasteiger partial charge in [-0.25, -0.2) is 0 Å². The monoisotopic (exact) mass is 396 g/mol. The highest BCUT2D eigenvalue weighted by Gasteiger charge is 2.36. The summed E-state index contributed by atoms with van der Waals surface area (Å²) in [7, 11) is 1.67. The van der Waals surface area contributed by atoms with E-state index in [2.05, 4.69) is 26.1 Å². The topological polar surface area (TPSA) is 61.8 Å². The van der Waals surface area contributed by atoms with E-state index in [-0.39, 0.29) is 6.54 Å². The smallest absolute Gasteiger partial charge is 0.317 e. The lowest BCUT2D eigenvalue weighted by molar-refractivity contribution is -0.139. The van der Waals surface area contributed by atoms with Gasteiger partial charge in [0, 0.05) is 29.6 Å². The van der Waals surface area contributed by atoms with Crippen LogP contribution in [0.25, 0.3) is 0 Å². The van der Waals surface area contributed by atoms with Gasteiger partial charge in [0.05, 0.1) is 13.7 Å². The second kappa shape index (κ2) is 7.85. The third-order valence-electron chi connectivity index (χ3n) is 4.99. The van der Waals surface area contributed by atoms with Crippen LogP contribution < -0.4 is 10.1 Å². The van der Waals surface area contributed by atoms with Crippen molar-refractivity contribution in [3.05, 3.63) is 28.2 Å². The minimum Gasteiger partial charge on any atom is -0.497 e. The van der Waals surface area contributed by atoms with Crippen LogP contribution >= 0.6 is 15.9 Å². The molecule has 0 bridgehead atoms. The molecule has 2 fully saturated rings. The number of hydrogen-bond donors (Lipinski definition) is 2. The van der Waals surface area contributed by atoms with Crippen molar-refractivity contribution in [3.63, 3.8) is 0 Å². The van der Waals surface area contributed by atoms with Crippen molar-refractivity contribution in [3.8, 4) is 5.75 Å². The van der Waals surface area contributed by atoms with Gasteiger partial charge >= 0.3 is 5.97 Å². The number of methoxy groups -OCH3 is 1. The molecule has 1 aromatic rings. The van der Waals surface area contributed by atoms with Crippen molar-refractivity contribution >= 4 is 21.9 Å². The molecule has 3 rings (SSSR count). The molecular formula is C18H25BrN2O3. The third-order valence-corrected chi connectivity index (χ3v) is 5.77. The number of carbonyl (C=O) groups is 1. The first-order valence-corrected chi connectivity index (χ1v) is 9.36. The second-order valence-corrected chi connectivity index (χ2v) is 7.78. The highest BCUT2D eigenvalue weighted by Crippen LogP contribution is 2.34. The van der Waals surface area contributed by atoms with E-state index >= 15 is 0 Å². The summed E-state index contributed by atoms with van der Waals surface area (Å²) in [5, 5.41) is 12.7. The summed E-state index contributed by atoms with van der Waals surface area (Å²) in [6.45, 7) is 1.91. The zero-order valence-electron chi connectivity index (χ0n) is 14.0. The minimum absolute atomic E-state index is 0.176. The molecule has 0 unspecified atom stereocenters. The van der Waals surface area contributed by atoms with Crippen molar-refractivity contribution in [1.29, 1.82) is 0 Å². The molecule has 2 saturated carbocycles. The van der Waals surface area contributed by atoms with Gasteiger partial charge in [-0.3, -0.25) is 9.69 Å². The Kier molecular flexibility index (Phi) is 5.79. The van der Waals surface area contributed by atoms with Crippen molar-refractivity contribution in [2.24, 2.45) is 5.92 Å². The van der Waals surface area contributed by atoms with Gasteiger partial charge < -0.3 is 15.2 Å². The van der Waals surface area contributed by atoms with Gasteiger partial charge in [0.15, 0.2) is 0 Å². The van der Waals surface area contributed by atoms with Gasteiger partial charge in [-0.2, -0.15) is 0 Å². The fraction of sp³-hybridized carbons (Fsp3) is 0.611. The molecule has 2 aliphatic rings. The average molecular weight is 397 g/mol. The molecule has 0 radical (unpaired) electrons. The average Bonchev–Trinajstić information content (AvgIpc) is 3.30. The van der Waals surface area contributed by atoms with Crippen LogP contribution in [0.4, 0.5) is 0 Å². The zero-order chi connectivity index (χ0) is 17.1. The predicted molar refractivity (Wildman–Crippen MR) is 96.3 cm³/mol. The molecule has 24 heavy (non-hydrogen) atoms. The molecule has 2 aliphatic carbocycles. The number of carboxylic acids is 1. The van der Waals surface area contributed by atoms with E-state index < -0.39 is 5.97 Å². The number of ether oxygens (including phenoxy) is 1. The Labute approximate surface area is 151 Å². The van der Waals surface area contributed by atoms with Gasteiger partial charge in [0.25, 0.3) is 0 Å². The van der Waals surface area contributed by atoms with Crippen LogP contribution in [0.5, 0.6) is 5.75 Å². The number of halogens is 1. The molecule has 6 heteroatoms. The Morgan fingerprint density at radius 3 is 2.79 bits per heavy atom. The highest BCUT2D eigenvalue weighted by molar-refractivity contribution is 9.10. The third kappa shape index (κ3) is 4.71. The second-order valence-electron chi connectivity index (χ2n) is 6.93. The summed E-state index contributed by atoms with van der Waals surface area (Å²) in [6.07, 6.45) is 4.58. The summed E-state index contributed by atoms with van der Waals surface area (Å²) in [5.74, 6) is 0.870. The Hall–Kier alpha value is -1.11. The van der Waals surface area contributed by atoms with E-state index in [0.717, 1.165) is 42.1 Å². The first-order valence-electron chi connectivity index (χ1n) is 8.56. The lowest BCUT2D eigenvalue weighted by atomic mass is 9.85. The number of benzene rings is 1. The fourth-order valence-electron chi connectivity index (χ4n) is 3.27. The van der Waals surface area contributed by atoms with Gasteiger partial charge in [0.1, 0.15) is 5.75 Å². The first kappa shape index (κ1) is 17.7. The fourth-order valence-corrected chi connectivity index (χ4v) is 3.66. The molecule has 1 aromatic carbocycles. The van der Waals surface area contributed by atoms with Gasteiger partial charge in [0.2, 0.25) is 0 Å². The number of hydrogen-bond acceptors (Lipinski definition) is 4. The van der Waals surface area contributed by atoms with E-state index in [1.807, 2.05) is 18.2 Å². The van der Waals surface area contributed by atoms with Crippen LogP contribution in [0, 0.1) is 5.92 Å². The van der Waals surface area contributed by atoms with E-state index in [9.17, 15) is 4.79 Å². The lowest BCUT2D eigenvalue weighted by Gasteiger charge is -2.43. The van der Waals surface area contributed by atoms with Crippen molar-refractivity contribution in [2.75, 3.05) is 20.2 Å². The van der Waals surface area contributed by atoms with Crippen molar-refractivity contribution in [1.82, 2.24) is 10.2 Å². The predicted octanol–water partition coefficient (Wildman–Crippen LogP) is 2.87. The van der Waals surface area contributed by atoms with E-state index in [1.165, 1.54) is 18.4 Å². The van der Waals surface area contributed by atoms with Crippen LogP contribution in [-0.4, -0.2) is 48.3 Å². The molecule has 2 N–H and O–H groups in total. The summed E-state index contributed by atoms with van der Waals surface area (Å²) >= 11 is 3.58. The molecule has 0 amide bonds. The molecule has 0 heterocycles. The van der Waals surface area contributed by atoms with Gasteiger partial charge in [-0.1, -0.05) is 15.9 Å². The Morgan fingerprint density at radius 1 is 1.42 bits per heavy atom. The summed E-state index contributed by atoms with van der Waals surface area (Å²) in [5.41, 5.74) is 1.18. The minimum atomic E-state index is -0.715. The molecule has 0 aromatic heterocycles. The van der Waals surface area contributed by atoms with E-state index in [4.69, 9.17) is 9.84 Å². The maximum atomic E-state index is 11.1. The van der Waals surface area contributed by atoms with E-state index in [0.29, 0.717) is 12.1 Å². The number of rotatable bonds is 9. The van der Waals surface area contributed by atoms with E-state index in [1.54, 1.807) is 7.11 Å². The van der Waals surface area contributed by atoms with Crippen LogP contribution in [0.2, 0.25) is 0 Å². The Bertz CT molecular complexity index is 586. The molecule has 0 atom stereocenters. The molecule has 132 valence electrons. The highest BCUT2D eigenvalue weighted by atomic mass is 79.9. The lowest BCUT2D eigenvalue weighted by Crippen LogP contribution is -2.54. The maximum Gasteiger partial charge on any atom is 0.317 e. The number of carboxylic acid groups (broad SMARTS) is 1. The first-order chi connectivity index (χ1) is 11.5. The van der Waals surface area contributed by atoms with Crippen LogP contribution in [0.1, 0.15) is 31.2 Å². The van der Waals surface area contributed by atoms with Crippen molar-refractivity contribution < 1.29 is 14.6 Å². The Morgan fingerprint density at radius 2 is 2.17 bits per heavy atom. The van der Waals surface area contributed by atoms with Crippen LogP contribution in [-0.2, 0) is 11.3 Å². The summed E-state index contributed by atoms with van der Waals surface area (Å²) in [6, 6.07) is 6.85. The standard InChI is InChI=1S/C18H25BrN2O3/c1-24-16-4-5-17(19)13(6-16)9-20-14-7-15(8-14)21(11-18(22)23)10-12-2-3-12/h4-6,12,14-15,20H,2-3,7-11H2,1H3,(H,22,23). The number of nitrogens with zero attached hydrogens (tertiary/aromatic N) is 1. The SMILES string of the molecule is COc1ccc(Br)c(CNC2CC(N(CC(=O)O)CC3CC3)C2)c1. The van der Waals surface area contributed by atoms with Gasteiger partial charge in [-0.05, 0) is 55.4 Å². The molecule has 0 aliphatic heterocycles. The van der Waals surface area contributed by atoms with Crippen LogP contribution in [0.15, 0.2) is 22.7 Å². The quantitative estimate of drug-likeness (QED) is 0.671.